The monoisotopic (exact) mass is 273 g/mol. The second-order valence-electron chi connectivity index (χ2n) is 3.88. The number of aliphatic hydroxyl groups is 2. The van der Waals surface area contributed by atoms with E-state index in [-0.39, 0.29) is 5.69 Å². The van der Waals surface area contributed by atoms with Gasteiger partial charge in [0.25, 0.3) is 0 Å². The van der Waals surface area contributed by atoms with Gasteiger partial charge < -0.3 is 26.2 Å². The first-order chi connectivity index (χ1) is 8.73. The lowest BCUT2D eigenvalue weighted by Gasteiger charge is -2.18. The predicted octanol–water partition coefficient (Wildman–Crippen LogP) is -0.0249. The number of aliphatic hydroxyl groups excluding tert-OH is 2. The second-order valence-corrected chi connectivity index (χ2v) is 3.88. The average molecular weight is 273 g/mol. The molecule has 0 heterocycles. The van der Waals surface area contributed by atoms with E-state index in [2.05, 4.69) is 0 Å². The highest BCUT2D eigenvalue weighted by Crippen LogP contribution is 2.26. The third-order valence-corrected chi connectivity index (χ3v) is 2.47. The molecule has 2 unspecified atom stereocenters. The van der Waals surface area contributed by atoms with E-state index in [0.717, 1.165) is 6.07 Å². The Morgan fingerprint density at radius 2 is 1.84 bits per heavy atom. The molecule has 0 radical (unpaired) electrons. The van der Waals surface area contributed by atoms with E-state index in [4.69, 9.17) is 15.9 Å². The number of halogens is 1. The Labute approximate surface area is 106 Å². The number of carboxylic acid groups (broad SMARTS) is 2. The minimum atomic E-state index is -1.87. The zero-order chi connectivity index (χ0) is 14.7. The molecule has 0 saturated heterocycles. The molecule has 0 saturated carbocycles. The lowest BCUT2D eigenvalue weighted by molar-refractivity contribution is -0.141. The van der Waals surface area contributed by atoms with Gasteiger partial charge in [0.1, 0.15) is 11.9 Å². The SMILES string of the molecule is Nc1cc(F)c(C(O)C(O)CC(=O)O)cc1C(=O)O. The maximum Gasteiger partial charge on any atom is 0.337 e. The molecular formula is C11H12FNO6. The summed E-state index contributed by atoms with van der Waals surface area (Å²) in [5.74, 6) is -3.85. The highest BCUT2D eigenvalue weighted by molar-refractivity contribution is 5.93. The molecule has 0 aromatic heterocycles. The largest absolute Gasteiger partial charge is 0.481 e. The quantitative estimate of drug-likeness (QED) is 0.474. The first-order valence-corrected chi connectivity index (χ1v) is 5.14. The van der Waals surface area contributed by atoms with Crippen molar-refractivity contribution in [2.75, 3.05) is 5.73 Å². The molecular weight excluding hydrogens is 261 g/mol. The van der Waals surface area contributed by atoms with Crippen LogP contribution < -0.4 is 5.73 Å². The van der Waals surface area contributed by atoms with E-state index in [1.807, 2.05) is 0 Å². The zero-order valence-electron chi connectivity index (χ0n) is 9.58. The second kappa shape index (κ2) is 5.63. The lowest BCUT2D eigenvalue weighted by atomic mass is 9.98. The molecule has 0 fully saturated rings. The summed E-state index contributed by atoms with van der Waals surface area (Å²) in [7, 11) is 0. The highest BCUT2D eigenvalue weighted by Gasteiger charge is 2.25. The van der Waals surface area contributed by atoms with Gasteiger partial charge in [-0.15, -0.1) is 0 Å². The fraction of sp³-hybridized carbons (Fsp3) is 0.273. The van der Waals surface area contributed by atoms with E-state index in [0.29, 0.717) is 6.07 Å². The Balaban J connectivity index is 3.15. The molecule has 1 aromatic carbocycles. The first-order valence-electron chi connectivity index (χ1n) is 5.14. The van der Waals surface area contributed by atoms with E-state index in [1.54, 1.807) is 0 Å². The van der Waals surface area contributed by atoms with E-state index >= 15 is 0 Å². The number of carbonyl (C=O) groups is 2. The molecule has 1 rings (SSSR count). The standard InChI is InChI=1S/C11H12FNO6/c12-6-2-7(13)5(11(18)19)1-4(6)10(17)8(14)3-9(15)16/h1-2,8,10,14,17H,3,13H2,(H,15,16)(H,18,19). The smallest absolute Gasteiger partial charge is 0.337 e. The van der Waals surface area contributed by atoms with Gasteiger partial charge in [0.2, 0.25) is 0 Å². The van der Waals surface area contributed by atoms with Crippen molar-refractivity contribution in [2.24, 2.45) is 0 Å². The van der Waals surface area contributed by atoms with Crippen molar-refractivity contribution in [2.45, 2.75) is 18.6 Å². The van der Waals surface area contributed by atoms with Gasteiger partial charge in [0.15, 0.2) is 0 Å². The predicted molar refractivity (Wildman–Crippen MR) is 61.0 cm³/mol. The summed E-state index contributed by atoms with van der Waals surface area (Å²) < 4.78 is 13.6. The van der Waals surface area contributed by atoms with Crippen LogP contribution in [0.1, 0.15) is 28.4 Å². The molecule has 8 heteroatoms. The van der Waals surface area contributed by atoms with Crippen molar-refractivity contribution in [1.29, 1.82) is 0 Å². The van der Waals surface area contributed by atoms with Gasteiger partial charge in [0, 0.05) is 11.3 Å². The van der Waals surface area contributed by atoms with E-state index in [9.17, 15) is 24.2 Å². The van der Waals surface area contributed by atoms with Crippen LogP contribution in [0.25, 0.3) is 0 Å². The molecule has 104 valence electrons. The number of aliphatic carboxylic acids is 1. The molecule has 0 spiro atoms. The number of rotatable bonds is 5. The van der Waals surface area contributed by atoms with Crippen LogP contribution in [0.5, 0.6) is 0 Å². The highest BCUT2D eigenvalue weighted by atomic mass is 19.1. The Bertz CT molecular complexity index is 518. The van der Waals surface area contributed by atoms with Crippen molar-refractivity contribution in [1.82, 2.24) is 0 Å². The number of aromatic carboxylic acids is 1. The molecule has 0 aliphatic rings. The number of hydrogen-bond acceptors (Lipinski definition) is 5. The summed E-state index contributed by atoms with van der Waals surface area (Å²) in [6.45, 7) is 0. The van der Waals surface area contributed by atoms with Gasteiger partial charge in [-0.1, -0.05) is 0 Å². The molecule has 2 atom stereocenters. The average Bonchev–Trinajstić information content (AvgIpc) is 2.26. The third-order valence-electron chi connectivity index (χ3n) is 2.47. The maximum atomic E-state index is 13.6. The van der Waals surface area contributed by atoms with Crippen molar-refractivity contribution in [3.63, 3.8) is 0 Å². The van der Waals surface area contributed by atoms with Crippen LogP contribution >= 0.6 is 0 Å². The molecule has 1 aromatic rings. The number of nitrogen functional groups attached to an aromatic ring is 1. The maximum absolute atomic E-state index is 13.6. The van der Waals surface area contributed by atoms with Crippen LogP contribution in [0.2, 0.25) is 0 Å². The molecule has 0 aliphatic heterocycles. The summed E-state index contributed by atoms with van der Waals surface area (Å²) >= 11 is 0. The summed E-state index contributed by atoms with van der Waals surface area (Å²) in [5, 5.41) is 36.3. The fourth-order valence-electron chi connectivity index (χ4n) is 1.52. The normalized spacial score (nSPS) is 13.8. The summed E-state index contributed by atoms with van der Waals surface area (Å²) in [6.07, 6.45) is -4.44. The number of benzene rings is 1. The van der Waals surface area contributed by atoms with Crippen molar-refractivity contribution in [3.05, 3.63) is 29.1 Å². The van der Waals surface area contributed by atoms with Gasteiger partial charge >= 0.3 is 11.9 Å². The minimum Gasteiger partial charge on any atom is -0.481 e. The number of nitrogens with two attached hydrogens (primary N) is 1. The summed E-state index contributed by atoms with van der Waals surface area (Å²) in [6, 6.07) is 1.46. The Morgan fingerprint density at radius 1 is 1.26 bits per heavy atom. The van der Waals surface area contributed by atoms with Gasteiger partial charge in [-0.25, -0.2) is 9.18 Å². The molecule has 6 N–H and O–H groups in total. The number of hydrogen-bond donors (Lipinski definition) is 5. The molecule has 0 aliphatic carbocycles. The Hall–Kier alpha value is -2.19. The number of anilines is 1. The van der Waals surface area contributed by atoms with Crippen molar-refractivity contribution in [3.8, 4) is 0 Å². The third kappa shape index (κ3) is 3.39. The Kier molecular flexibility index (Phi) is 4.41. The van der Waals surface area contributed by atoms with Crippen LogP contribution in [0.4, 0.5) is 10.1 Å². The van der Waals surface area contributed by atoms with Gasteiger partial charge in [0.05, 0.1) is 18.1 Å². The van der Waals surface area contributed by atoms with Crippen molar-refractivity contribution >= 4 is 17.6 Å². The summed E-state index contributed by atoms with van der Waals surface area (Å²) in [4.78, 5) is 21.2. The fourth-order valence-corrected chi connectivity index (χ4v) is 1.52. The van der Waals surface area contributed by atoms with Gasteiger partial charge in [-0.2, -0.15) is 0 Å². The van der Waals surface area contributed by atoms with Crippen LogP contribution in [0.15, 0.2) is 12.1 Å². The first kappa shape index (κ1) is 14.9. The molecule has 0 bridgehead atoms. The van der Waals surface area contributed by atoms with E-state index in [1.165, 1.54) is 0 Å². The topological polar surface area (TPSA) is 141 Å². The van der Waals surface area contributed by atoms with Crippen LogP contribution in [-0.4, -0.2) is 38.5 Å². The molecule has 19 heavy (non-hydrogen) atoms. The zero-order valence-corrected chi connectivity index (χ0v) is 9.58. The summed E-state index contributed by atoms with van der Waals surface area (Å²) in [5.41, 5.74) is 3.98. The molecule has 7 nitrogen and oxygen atoms in total. The molecule has 0 amide bonds. The van der Waals surface area contributed by atoms with Crippen LogP contribution in [0.3, 0.4) is 0 Å². The van der Waals surface area contributed by atoms with Crippen LogP contribution in [-0.2, 0) is 4.79 Å². The Morgan fingerprint density at radius 3 is 2.32 bits per heavy atom. The van der Waals surface area contributed by atoms with Crippen LogP contribution in [0, 0.1) is 5.82 Å². The number of carboxylic acids is 2. The lowest BCUT2D eigenvalue weighted by Crippen LogP contribution is -2.23. The van der Waals surface area contributed by atoms with Gasteiger partial charge in [-0.3, -0.25) is 4.79 Å². The van der Waals surface area contributed by atoms with Crippen molar-refractivity contribution < 1.29 is 34.4 Å². The van der Waals surface area contributed by atoms with E-state index < -0.39 is 47.5 Å². The van der Waals surface area contributed by atoms with Gasteiger partial charge in [-0.05, 0) is 12.1 Å². The minimum absolute atomic E-state index is 0.339.